The van der Waals surface area contributed by atoms with Crippen molar-refractivity contribution in [1.82, 2.24) is 4.98 Å². The molecule has 0 atom stereocenters. The number of aryl methyl sites for hydroxylation is 1. The maximum atomic E-state index is 8.69. The van der Waals surface area contributed by atoms with Crippen LogP contribution in [0.25, 0.3) is 10.6 Å². The predicted molar refractivity (Wildman–Crippen MR) is 78.7 cm³/mol. The van der Waals surface area contributed by atoms with Gasteiger partial charge in [-0.3, -0.25) is 0 Å². The Labute approximate surface area is 117 Å². The summed E-state index contributed by atoms with van der Waals surface area (Å²) in [7, 11) is 0. The van der Waals surface area contributed by atoms with E-state index in [2.05, 4.69) is 11.9 Å². The number of hydrogen-bond donors (Lipinski definition) is 1. The van der Waals surface area contributed by atoms with Crippen molar-refractivity contribution in [3.8, 4) is 16.3 Å². The van der Waals surface area contributed by atoms with Gasteiger partial charge in [0, 0.05) is 23.2 Å². The minimum Gasteiger partial charge on any atom is -0.494 e. The molecule has 0 radical (unpaired) electrons. The molecule has 1 aromatic heterocycles. The van der Waals surface area contributed by atoms with Crippen molar-refractivity contribution >= 4 is 11.3 Å². The highest BCUT2D eigenvalue weighted by Gasteiger charge is 2.04. The van der Waals surface area contributed by atoms with Crippen LogP contribution >= 0.6 is 11.3 Å². The van der Waals surface area contributed by atoms with Gasteiger partial charge in [-0.1, -0.05) is 6.92 Å². The third-order valence-corrected chi connectivity index (χ3v) is 4.02. The summed E-state index contributed by atoms with van der Waals surface area (Å²) in [5, 5.41) is 9.75. The molecule has 0 bridgehead atoms. The van der Waals surface area contributed by atoms with Gasteiger partial charge < -0.3 is 9.84 Å². The predicted octanol–water partition coefficient (Wildman–Crippen LogP) is 3.52. The molecule has 0 unspecified atom stereocenters. The first-order chi connectivity index (χ1) is 9.33. The number of aromatic nitrogens is 1. The van der Waals surface area contributed by atoms with Crippen LogP contribution in [0.15, 0.2) is 30.5 Å². The summed E-state index contributed by atoms with van der Waals surface area (Å²) in [6.07, 6.45) is 4.64. The second kappa shape index (κ2) is 7.26. The lowest BCUT2D eigenvalue weighted by Gasteiger charge is -2.05. The Hall–Kier alpha value is -1.39. The van der Waals surface area contributed by atoms with Crippen LogP contribution in [-0.4, -0.2) is 23.3 Å². The van der Waals surface area contributed by atoms with E-state index in [1.54, 1.807) is 11.3 Å². The summed E-state index contributed by atoms with van der Waals surface area (Å²) in [5.74, 6) is 0.869. The number of unbranched alkanes of at least 4 members (excludes halogenated alkanes) is 1. The first-order valence-corrected chi connectivity index (χ1v) is 7.44. The lowest BCUT2D eigenvalue weighted by atomic mass is 10.2. The summed E-state index contributed by atoms with van der Waals surface area (Å²) in [5.41, 5.74) is 1.13. The quantitative estimate of drug-likeness (QED) is 0.787. The molecule has 4 heteroatoms. The Kier molecular flexibility index (Phi) is 5.36. The third kappa shape index (κ3) is 4.04. The maximum Gasteiger partial charge on any atom is 0.123 e. The average molecular weight is 277 g/mol. The average Bonchev–Trinajstić information content (AvgIpc) is 2.93. The minimum atomic E-state index is 0.228. The molecular weight excluding hydrogens is 258 g/mol. The molecule has 0 fully saturated rings. The molecule has 1 heterocycles. The highest BCUT2D eigenvalue weighted by Crippen LogP contribution is 2.27. The minimum absolute atomic E-state index is 0.228. The Balaban J connectivity index is 1.94. The molecule has 0 saturated carbocycles. The second-order valence-electron chi connectivity index (χ2n) is 4.29. The molecule has 1 N–H and O–H groups in total. The number of thiazole rings is 1. The fraction of sp³-hybridized carbons (Fsp3) is 0.400. The van der Waals surface area contributed by atoms with Gasteiger partial charge in [0.1, 0.15) is 10.8 Å². The lowest BCUT2D eigenvalue weighted by Crippen LogP contribution is -1.98. The van der Waals surface area contributed by atoms with Gasteiger partial charge in [-0.2, -0.15) is 0 Å². The summed E-state index contributed by atoms with van der Waals surface area (Å²) in [6.45, 7) is 3.02. The van der Waals surface area contributed by atoms with Gasteiger partial charge in [0.05, 0.1) is 6.61 Å². The van der Waals surface area contributed by atoms with E-state index in [1.807, 2.05) is 30.5 Å². The molecule has 0 amide bonds. The molecule has 2 rings (SSSR count). The van der Waals surface area contributed by atoms with Crippen molar-refractivity contribution < 1.29 is 9.84 Å². The zero-order chi connectivity index (χ0) is 13.5. The number of aliphatic hydroxyl groups excluding tert-OH is 1. The van der Waals surface area contributed by atoms with Crippen molar-refractivity contribution in [1.29, 1.82) is 0 Å². The van der Waals surface area contributed by atoms with Gasteiger partial charge in [-0.05, 0) is 43.5 Å². The Morgan fingerprint density at radius 2 is 2.00 bits per heavy atom. The summed E-state index contributed by atoms with van der Waals surface area (Å²) in [4.78, 5) is 5.73. The maximum absolute atomic E-state index is 8.69. The zero-order valence-electron chi connectivity index (χ0n) is 11.1. The molecule has 3 nitrogen and oxygen atoms in total. The molecule has 0 aliphatic rings. The van der Waals surface area contributed by atoms with Gasteiger partial charge in [0.15, 0.2) is 0 Å². The van der Waals surface area contributed by atoms with Crippen molar-refractivity contribution in [2.45, 2.75) is 26.2 Å². The van der Waals surface area contributed by atoms with Crippen LogP contribution in [0.4, 0.5) is 0 Å². The lowest BCUT2D eigenvalue weighted by molar-refractivity contribution is 0.253. The van der Waals surface area contributed by atoms with Gasteiger partial charge in [0.25, 0.3) is 0 Å². The molecule has 0 aliphatic carbocycles. The van der Waals surface area contributed by atoms with Crippen LogP contribution in [0, 0.1) is 0 Å². The van der Waals surface area contributed by atoms with Crippen LogP contribution in [0.1, 0.15) is 24.6 Å². The highest BCUT2D eigenvalue weighted by molar-refractivity contribution is 7.15. The highest BCUT2D eigenvalue weighted by atomic mass is 32.1. The fourth-order valence-electron chi connectivity index (χ4n) is 1.70. The van der Waals surface area contributed by atoms with E-state index in [9.17, 15) is 0 Å². The van der Waals surface area contributed by atoms with E-state index in [0.717, 1.165) is 35.6 Å². The van der Waals surface area contributed by atoms with Gasteiger partial charge in [-0.25, -0.2) is 4.98 Å². The number of nitrogens with zero attached hydrogens (tertiary/aromatic N) is 1. The number of aliphatic hydroxyl groups is 1. The first-order valence-electron chi connectivity index (χ1n) is 6.62. The SMILES string of the molecule is CCc1cnc(-c2ccc(OCCCCO)cc2)s1. The van der Waals surface area contributed by atoms with E-state index in [4.69, 9.17) is 9.84 Å². The fourth-order valence-corrected chi connectivity index (χ4v) is 2.56. The molecule has 1 aromatic carbocycles. The van der Waals surface area contributed by atoms with Gasteiger partial charge in [-0.15, -0.1) is 11.3 Å². The molecule has 2 aromatic rings. The van der Waals surface area contributed by atoms with E-state index < -0.39 is 0 Å². The Bertz CT molecular complexity index is 493. The van der Waals surface area contributed by atoms with Crippen LogP contribution < -0.4 is 4.74 Å². The normalized spacial score (nSPS) is 10.6. The number of benzene rings is 1. The standard InChI is InChI=1S/C15H19NO2S/c1-2-14-11-16-15(19-14)12-5-7-13(8-6-12)18-10-4-3-9-17/h5-8,11,17H,2-4,9-10H2,1H3. The number of ether oxygens (including phenoxy) is 1. The van der Waals surface area contributed by atoms with E-state index in [0.29, 0.717) is 6.61 Å². The number of rotatable bonds is 7. The van der Waals surface area contributed by atoms with Crippen molar-refractivity contribution in [3.05, 3.63) is 35.3 Å². The molecule has 0 aliphatic heterocycles. The monoisotopic (exact) mass is 277 g/mol. The Morgan fingerprint density at radius 3 is 2.63 bits per heavy atom. The molecule has 19 heavy (non-hydrogen) atoms. The Morgan fingerprint density at radius 1 is 1.21 bits per heavy atom. The van der Waals surface area contributed by atoms with Crippen molar-refractivity contribution in [2.24, 2.45) is 0 Å². The van der Waals surface area contributed by atoms with E-state index in [-0.39, 0.29) is 6.61 Å². The van der Waals surface area contributed by atoms with Gasteiger partial charge >= 0.3 is 0 Å². The molecular formula is C15H19NO2S. The molecule has 102 valence electrons. The van der Waals surface area contributed by atoms with Crippen LogP contribution in [-0.2, 0) is 6.42 Å². The van der Waals surface area contributed by atoms with Crippen LogP contribution in [0.3, 0.4) is 0 Å². The van der Waals surface area contributed by atoms with Crippen molar-refractivity contribution in [3.63, 3.8) is 0 Å². The molecule has 0 saturated heterocycles. The third-order valence-electron chi connectivity index (χ3n) is 2.82. The summed E-state index contributed by atoms with van der Waals surface area (Å²) < 4.78 is 5.60. The first kappa shape index (κ1) is 14.0. The summed E-state index contributed by atoms with van der Waals surface area (Å²) >= 11 is 1.74. The largest absolute Gasteiger partial charge is 0.494 e. The van der Waals surface area contributed by atoms with Crippen LogP contribution in [0.5, 0.6) is 5.75 Å². The van der Waals surface area contributed by atoms with Crippen molar-refractivity contribution in [2.75, 3.05) is 13.2 Å². The smallest absolute Gasteiger partial charge is 0.123 e. The van der Waals surface area contributed by atoms with Gasteiger partial charge in [0.2, 0.25) is 0 Å². The topological polar surface area (TPSA) is 42.4 Å². The van der Waals surface area contributed by atoms with E-state index >= 15 is 0 Å². The molecule has 0 spiro atoms. The second-order valence-corrected chi connectivity index (χ2v) is 5.40. The number of hydrogen-bond acceptors (Lipinski definition) is 4. The summed E-state index contributed by atoms with van der Waals surface area (Å²) in [6, 6.07) is 8.03. The zero-order valence-corrected chi connectivity index (χ0v) is 11.9. The van der Waals surface area contributed by atoms with E-state index in [1.165, 1.54) is 4.88 Å². The van der Waals surface area contributed by atoms with Crippen LogP contribution in [0.2, 0.25) is 0 Å².